The van der Waals surface area contributed by atoms with Crippen LogP contribution in [0.5, 0.6) is 0 Å². The fourth-order valence-electron chi connectivity index (χ4n) is 5.62. The molecule has 2 N–H and O–H groups in total. The molecule has 0 aromatic heterocycles. The summed E-state index contributed by atoms with van der Waals surface area (Å²) >= 11 is 0. The number of nitrogens with one attached hydrogen (secondary N) is 2. The third-order valence-electron chi connectivity index (χ3n) is 6.21. The van der Waals surface area contributed by atoms with Crippen molar-refractivity contribution >= 4 is 6.03 Å². The number of hydrogen-bond donors (Lipinski definition) is 2. The number of urea groups is 1. The second-order valence-corrected chi connectivity index (χ2v) is 7.73. The van der Waals surface area contributed by atoms with Crippen LogP contribution in [0.15, 0.2) is 0 Å². The summed E-state index contributed by atoms with van der Waals surface area (Å²) in [7, 11) is 0. The van der Waals surface area contributed by atoms with E-state index in [0.29, 0.717) is 6.04 Å². The van der Waals surface area contributed by atoms with E-state index in [1.165, 1.54) is 38.5 Å². The molecule has 5 fully saturated rings. The van der Waals surface area contributed by atoms with Crippen molar-refractivity contribution < 1.29 is 4.79 Å². The van der Waals surface area contributed by atoms with E-state index in [0.717, 1.165) is 37.4 Å². The van der Waals surface area contributed by atoms with Crippen molar-refractivity contribution in [3.63, 3.8) is 0 Å². The molecule has 1 saturated heterocycles. The average molecular weight is 277 g/mol. The molecule has 0 aromatic rings. The zero-order chi connectivity index (χ0) is 13.7. The van der Waals surface area contributed by atoms with Crippen LogP contribution < -0.4 is 10.6 Å². The van der Waals surface area contributed by atoms with Gasteiger partial charge in [-0.15, -0.1) is 0 Å². The maximum absolute atomic E-state index is 12.7. The van der Waals surface area contributed by atoms with Crippen molar-refractivity contribution in [3.05, 3.63) is 0 Å². The summed E-state index contributed by atoms with van der Waals surface area (Å²) in [6.45, 7) is 4.84. The van der Waals surface area contributed by atoms with Crippen molar-refractivity contribution in [2.75, 3.05) is 19.6 Å². The second-order valence-electron chi connectivity index (χ2n) is 7.73. The fourth-order valence-corrected chi connectivity index (χ4v) is 5.62. The summed E-state index contributed by atoms with van der Waals surface area (Å²) in [5, 5.41) is 6.75. The van der Waals surface area contributed by atoms with Crippen LogP contribution in [0.3, 0.4) is 0 Å². The lowest BCUT2D eigenvalue weighted by molar-refractivity contribution is -0.0167. The minimum atomic E-state index is 0.149. The summed E-state index contributed by atoms with van der Waals surface area (Å²) in [4.78, 5) is 14.7. The van der Waals surface area contributed by atoms with Crippen LogP contribution in [0.1, 0.15) is 45.4 Å². The molecule has 5 aliphatic rings. The van der Waals surface area contributed by atoms with E-state index in [2.05, 4.69) is 17.6 Å². The summed E-state index contributed by atoms with van der Waals surface area (Å²) < 4.78 is 0. The number of carbonyl (C=O) groups is 1. The van der Waals surface area contributed by atoms with Crippen molar-refractivity contribution in [2.45, 2.75) is 57.0 Å². The van der Waals surface area contributed by atoms with Gasteiger partial charge in [0.25, 0.3) is 0 Å². The smallest absolute Gasteiger partial charge is 0.318 e. The molecule has 0 spiro atoms. The van der Waals surface area contributed by atoms with Crippen LogP contribution >= 0.6 is 0 Å². The van der Waals surface area contributed by atoms with Gasteiger partial charge in [0.2, 0.25) is 0 Å². The van der Waals surface area contributed by atoms with Crippen molar-refractivity contribution in [1.82, 2.24) is 15.5 Å². The predicted molar refractivity (Wildman–Crippen MR) is 78.5 cm³/mol. The van der Waals surface area contributed by atoms with Gasteiger partial charge in [-0.05, 0) is 63.2 Å². The monoisotopic (exact) mass is 277 g/mol. The number of rotatable bonds is 3. The first kappa shape index (κ1) is 12.9. The molecule has 1 aliphatic heterocycles. The van der Waals surface area contributed by atoms with E-state index >= 15 is 0 Å². The molecule has 20 heavy (non-hydrogen) atoms. The van der Waals surface area contributed by atoms with Gasteiger partial charge in [-0.25, -0.2) is 4.79 Å². The predicted octanol–water partition coefficient (Wildman–Crippen LogP) is 1.96. The Morgan fingerprint density at radius 2 is 1.70 bits per heavy atom. The molecule has 0 atom stereocenters. The maximum Gasteiger partial charge on any atom is 0.318 e. The highest BCUT2D eigenvalue weighted by Crippen LogP contribution is 2.55. The van der Waals surface area contributed by atoms with Crippen LogP contribution in [-0.4, -0.2) is 42.1 Å². The topological polar surface area (TPSA) is 44.4 Å². The zero-order valence-corrected chi connectivity index (χ0v) is 12.5. The first-order valence-electron chi connectivity index (χ1n) is 8.47. The Labute approximate surface area is 121 Å². The third kappa shape index (κ3) is 2.03. The molecule has 0 aromatic carbocycles. The molecule has 4 saturated carbocycles. The van der Waals surface area contributed by atoms with Gasteiger partial charge in [0.1, 0.15) is 0 Å². The molecule has 4 aliphatic carbocycles. The van der Waals surface area contributed by atoms with Gasteiger partial charge < -0.3 is 15.5 Å². The molecule has 2 amide bonds. The Kier molecular flexibility index (Phi) is 2.99. The Bertz CT molecular complexity index is 369. The van der Waals surface area contributed by atoms with E-state index in [1.54, 1.807) is 0 Å². The van der Waals surface area contributed by atoms with Crippen LogP contribution in [0.25, 0.3) is 0 Å². The van der Waals surface area contributed by atoms with Gasteiger partial charge in [0, 0.05) is 25.2 Å². The van der Waals surface area contributed by atoms with Gasteiger partial charge in [-0.2, -0.15) is 0 Å². The minimum Gasteiger partial charge on any atom is -0.333 e. The highest BCUT2D eigenvalue weighted by molar-refractivity contribution is 5.75. The molecule has 0 unspecified atom stereocenters. The molecule has 0 radical (unpaired) electrons. The van der Waals surface area contributed by atoms with E-state index in [1.807, 2.05) is 4.90 Å². The molecule has 1 heterocycles. The molecule has 112 valence electrons. The lowest BCUT2D eigenvalue weighted by Gasteiger charge is -2.57. The Morgan fingerprint density at radius 1 is 1.15 bits per heavy atom. The summed E-state index contributed by atoms with van der Waals surface area (Å²) in [5.41, 5.74) is 0.149. The average Bonchev–Trinajstić information content (AvgIpc) is 2.30. The number of carbonyl (C=O) groups excluding carboxylic acids is 1. The standard InChI is InChI=1S/C16H27N3O/c1-2-19(14-9-17-10-14)15(20)18-16-6-11-3-12(7-16)5-13(4-11)8-16/h11-14,17H,2-10H2,1H3,(H,18,20). The Hall–Kier alpha value is -0.770. The SMILES string of the molecule is CCN(C(=O)NC12CC3CC(CC(C3)C1)C2)C1CNC1. The molecule has 4 bridgehead atoms. The van der Waals surface area contributed by atoms with Gasteiger partial charge in [-0.1, -0.05) is 0 Å². The lowest BCUT2D eigenvalue weighted by atomic mass is 9.53. The van der Waals surface area contributed by atoms with Crippen molar-refractivity contribution in [3.8, 4) is 0 Å². The van der Waals surface area contributed by atoms with Crippen LogP contribution in [0.4, 0.5) is 4.79 Å². The van der Waals surface area contributed by atoms with Gasteiger partial charge in [-0.3, -0.25) is 0 Å². The largest absolute Gasteiger partial charge is 0.333 e. The zero-order valence-electron chi connectivity index (χ0n) is 12.5. The molecular weight excluding hydrogens is 250 g/mol. The molecule has 4 nitrogen and oxygen atoms in total. The Balaban J connectivity index is 1.46. The number of hydrogen-bond acceptors (Lipinski definition) is 2. The van der Waals surface area contributed by atoms with E-state index in [9.17, 15) is 4.79 Å². The third-order valence-corrected chi connectivity index (χ3v) is 6.21. The molecule has 5 rings (SSSR count). The summed E-state index contributed by atoms with van der Waals surface area (Å²) in [5.74, 6) is 2.67. The Morgan fingerprint density at radius 3 is 2.10 bits per heavy atom. The number of likely N-dealkylation sites (N-methyl/N-ethyl adjacent to an activating group) is 1. The van der Waals surface area contributed by atoms with Gasteiger partial charge in [0.05, 0.1) is 6.04 Å². The molecular formula is C16H27N3O. The quantitative estimate of drug-likeness (QED) is 0.828. The first-order chi connectivity index (χ1) is 9.67. The van der Waals surface area contributed by atoms with E-state index in [-0.39, 0.29) is 11.6 Å². The fraction of sp³-hybridized carbons (Fsp3) is 0.938. The highest BCUT2D eigenvalue weighted by Gasteiger charge is 2.52. The van der Waals surface area contributed by atoms with E-state index < -0.39 is 0 Å². The van der Waals surface area contributed by atoms with Crippen LogP contribution in [-0.2, 0) is 0 Å². The number of nitrogens with zero attached hydrogens (tertiary/aromatic N) is 1. The van der Waals surface area contributed by atoms with Crippen LogP contribution in [0, 0.1) is 17.8 Å². The summed E-state index contributed by atoms with van der Waals surface area (Å²) in [6, 6.07) is 0.606. The first-order valence-corrected chi connectivity index (χ1v) is 8.47. The normalized spacial score (nSPS) is 42.4. The highest BCUT2D eigenvalue weighted by atomic mass is 16.2. The number of amides is 2. The van der Waals surface area contributed by atoms with E-state index in [4.69, 9.17) is 0 Å². The minimum absolute atomic E-state index is 0.149. The van der Waals surface area contributed by atoms with Crippen molar-refractivity contribution in [2.24, 2.45) is 17.8 Å². The van der Waals surface area contributed by atoms with Crippen molar-refractivity contribution in [1.29, 1.82) is 0 Å². The summed E-state index contributed by atoms with van der Waals surface area (Å²) in [6.07, 6.45) is 8.01. The lowest BCUT2D eigenvalue weighted by Crippen LogP contribution is -2.66. The second kappa shape index (κ2) is 4.62. The maximum atomic E-state index is 12.7. The molecule has 4 heteroatoms. The van der Waals surface area contributed by atoms with Crippen LogP contribution in [0.2, 0.25) is 0 Å². The van der Waals surface area contributed by atoms with Gasteiger partial charge >= 0.3 is 6.03 Å². The van der Waals surface area contributed by atoms with Gasteiger partial charge in [0.15, 0.2) is 0 Å².